The first-order valence-electron chi connectivity index (χ1n) is 19.0. The van der Waals surface area contributed by atoms with Gasteiger partial charge in [0, 0.05) is 72.8 Å². The van der Waals surface area contributed by atoms with Crippen molar-refractivity contribution < 1.29 is 23.7 Å². The number of nitrogens with zero attached hydrogens (tertiary/aromatic N) is 3. The van der Waals surface area contributed by atoms with Gasteiger partial charge in [-0.25, -0.2) is 4.39 Å². The van der Waals surface area contributed by atoms with E-state index in [-0.39, 0.29) is 30.3 Å². The number of likely N-dealkylation sites (tertiary alicyclic amines) is 1. The number of aliphatic hydroxyl groups is 1. The Morgan fingerprint density at radius 3 is 2.61 bits per heavy atom. The van der Waals surface area contributed by atoms with Crippen molar-refractivity contribution in [2.75, 3.05) is 26.2 Å². The molecule has 3 atom stereocenters. The van der Waals surface area contributed by atoms with Crippen LogP contribution in [0.15, 0.2) is 67.0 Å². The first-order chi connectivity index (χ1) is 26.3. The first-order valence-corrected chi connectivity index (χ1v) is 19.8. The summed E-state index contributed by atoms with van der Waals surface area (Å²) in [7, 11) is 0. The Morgan fingerprint density at radius 1 is 0.981 bits per heavy atom. The fourth-order valence-corrected chi connectivity index (χ4v) is 9.30. The van der Waals surface area contributed by atoms with Gasteiger partial charge < -0.3 is 29.5 Å². The minimum absolute atomic E-state index is 0.0116. The number of alkyl halides is 1. The Morgan fingerprint density at radius 2 is 1.81 bits per heavy atom. The molecule has 11 heteroatoms. The van der Waals surface area contributed by atoms with Crippen molar-refractivity contribution in [2.45, 2.75) is 88.9 Å². The van der Waals surface area contributed by atoms with E-state index in [0.29, 0.717) is 46.0 Å². The average molecular weight is 772 g/mol. The largest absolute Gasteiger partial charge is 0.492 e. The lowest BCUT2D eigenvalue weighted by atomic mass is 9.62. The summed E-state index contributed by atoms with van der Waals surface area (Å²) in [5.41, 5.74) is 6.59. The number of aliphatic hydroxyl groups excluding tert-OH is 1. The highest BCUT2D eigenvalue weighted by molar-refractivity contribution is 6.35. The van der Waals surface area contributed by atoms with Crippen molar-refractivity contribution >= 4 is 23.2 Å². The van der Waals surface area contributed by atoms with Gasteiger partial charge in [0.05, 0.1) is 28.3 Å². The van der Waals surface area contributed by atoms with Gasteiger partial charge in [0.2, 0.25) is 0 Å². The van der Waals surface area contributed by atoms with Crippen molar-refractivity contribution in [3.63, 3.8) is 0 Å². The van der Waals surface area contributed by atoms with E-state index in [1.807, 2.05) is 36.4 Å². The summed E-state index contributed by atoms with van der Waals surface area (Å²) in [5.74, 6) is 1.79. The van der Waals surface area contributed by atoms with Crippen LogP contribution in [0.2, 0.25) is 10.0 Å². The second-order valence-corrected chi connectivity index (χ2v) is 16.2. The average Bonchev–Trinajstić information content (AvgIpc) is 3.76. The molecule has 2 saturated carbocycles. The summed E-state index contributed by atoms with van der Waals surface area (Å²) >= 11 is 13.9. The van der Waals surface area contributed by atoms with E-state index in [1.165, 1.54) is 11.8 Å². The Labute approximate surface area is 326 Å². The van der Waals surface area contributed by atoms with Gasteiger partial charge in [-0.05, 0) is 86.3 Å². The normalized spacial score (nSPS) is 21.6. The molecule has 3 fully saturated rings. The van der Waals surface area contributed by atoms with Gasteiger partial charge in [-0.15, -0.1) is 0 Å². The molecular formula is C43H45Cl2FN4O4. The van der Waals surface area contributed by atoms with Gasteiger partial charge in [-0.2, -0.15) is 5.26 Å². The number of pyridine rings is 1. The van der Waals surface area contributed by atoms with Gasteiger partial charge in [0.25, 0.3) is 0 Å². The number of ether oxygens (including phenoxy) is 3. The molecule has 1 saturated heterocycles. The number of nitrogens with one attached hydrogen (secondary N) is 1. The second-order valence-electron chi connectivity index (χ2n) is 15.4. The molecule has 282 valence electrons. The van der Waals surface area contributed by atoms with Gasteiger partial charge in [-0.3, -0.25) is 4.98 Å². The molecular weight excluding hydrogens is 726 g/mol. The predicted molar refractivity (Wildman–Crippen MR) is 207 cm³/mol. The monoisotopic (exact) mass is 770 g/mol. The summed E-state index contributed by atoms with van der Waals surface area (Å²) in [6.07, 6.45) is 8.60. The van der Waals surface area contributed by atoms with Crippen LogP contribution in [0.3, 0.4) is 0 Å². The summed E-state index contributed by atoms with van der Waals surface area (Å²) < 4.78 is 32.5. The van der Waals surface area contributed by atoms with Crippen molar-refractivity contribution in [3.8, 4) is 34.4 Å². The Bertz CT molecular complexity index is 2030. The predicted octanol–water partition coefficient (Wildman–Crippen LogP) is 8.78. The molecule has 2 N–H and O–H groups in total. The Balaban J connectivity index is 0.958. The van der Waals surface area contributed by atoms with E-state index in [4.69, 9.17) is 37.4 Å². The smallest absolute Gasteiger partial charge is 0.142 e. The van der Waals surface area contributed by atoms with Crippen molar-refractivity contribution in [3.05, 3.63) is 105 Å². The quantitative estimate of drug-likeness (QED) is 0.123. The van der Waals surface area contributed by atoms with Crippen LogP contribution in [-0.2, 0) is 19.6 Å². The summed E-state index contributed by atoms with van der Waals surface area (Å²) in [6, 6.07) is 19.8. The summed E-state index contributed by atoms with van der Waals surface area (Å²) in [6.45, 7) is 4.19. The standard InChI is InChI=1S/C43H45Cl2FN4O4/c44-35-16-29(23-49-36-8-3-9-37(36)51)40(53-24-28-15-27(20-47)21-48-22-28)17-41(35)54-38-12-11-32-31(5-1-6-33(32)38)34-7-2-10-39(42(34)45)52-14-4-13-50-25-43(26-50)18-30(46)19-43/h1-2,5-7,10,15-17,21-22,30,36-38,49,51H,3-4,8-9,11-14,18-19,23-26H2/t36-,37+,38+/m1/s1. The van der Waals surface area contributed by atoms with E-state index in [1.54, 1.807) is 12.3 Å². The van der Waals surface area contributed by atoms with E-state index in [9.17, 15) is 14.8 Å². The number of aromatic nitrogens is 1. The van der Waals surface area contributed by atoms with Crippen molar-refractivity contribution in [1.29, 1.82) is 5.26 Å². The zero-order valence-corrected chi connectivity index (χ0v) is 31.7. The molecule has 3 aliphatic carbocycles. The van der Waals surface area contributed by atoms with Crippen LogP contribution in [0, 0.1) is 16.7 Å². The van der Waals surface area contributed by atoms with Gasteiger partial charge in [0.15, 0.2) is 0 Å². The Kier molecular flexibility index (Phi) is 11.0. The molecule has 8 rings (SSSR count). The molecule has 0 bridgehead atoms. The highest BCUT2D eigenvalue weighted by Crippen LogP contribution is 2.50. The molecule has 1 spiro atoms. The third-order valence-electron chi connectivity index (χ3n) is 11.5. The molecule has 3 aromatic carbocycles. The van der Waals surface area contributed by atoms with E-state index in [2.05, 4.69) is 33.4 Å². The number of hydrogen-bond donors (Lipinski definition) is 2. The molecule has 0 radical (unpaired) electrons. The Hall–Kier alpha value is -3.91. The lowest BCUT2D eigenvalue weighted by molar-refractivity contribution is -0.102. The highest BCUT2D eigenvalue weighted by atomic mass is 35.5. The van der Waals surface area contributed by atoms with Gasteiger partial charge in [-0.1, -0.05) is 53.5 Å². The number of hydrogen-bond acceptors (Lipinski definition) is 8. The van der Waals surface area contributed by atoms with Crippen molar-refractivity contribution in [1.82, 2.24) is 15.2 Å². The minimum atomic E-state index is -0.602. The summed E-state index contributed by atoms with van der Waals surface area (Å²) in [5, 5.41) is 24.3. The zero-order chi connectivity index (χ0) is 37.2. The number of benzene rings is 3. The molecule has 4 aromatic rings. The second kappa shape index (κ2) is 16.1. The van der Waals surface area contributed by atoms with Crippen molar-refractivity contribution in [2.24, 2.45) is 5.41 Å². The van der Waals surface area contributed by atoms with Crippen LogP contribution in [0.25, 0.3) is 11.1 Å². The van der Waals surface area contributed by atoms with Crippen LogP contribution in [0.5, 0.6) is 17.2 Å². The zero-order valence-electron chi connectivity index (χ0n) is 30.2. The molecule has 4 aliphatic rings. The number of rotatable bonds is 14. The van der Waals surface area contributed by atoms with Crippen LogP contribution < -0.4 is 19.5 Å². The lowest BCUT2D eigenvalue weighted by Crippen LogP contribution is -2.62. The molecule has 2 heterocycles. The van der Waals surface area contributed by atoms with Crippen LogP contribution in [0.4, 0.5) is 4.39 Å². The minimum Gasteiger partial charge on any atom is -0.492 e. The summed E-state index contributed by atoms with van der Waals surface area (Å²) in [4.78, 5) is 6.56. The molecule has 1 aliphatic heterocycles. The third-order valence-corrected chi connectivity index (χ3v) is 12.2. The van der Waals surface area contributed by atoms with E-state index < -0.39 is 6.17 Å². The molecule has 8 nitrogen and oxygen atoms in total. The fourth-order valence-electron chi connectivity index (χ4n) is 8.79. The topological polar surface area (TPSA) is 99.9 Å². The molecule has 1 aromatic heterocycles. The SMILES string of the molecule is N#Cc1cncc(COc2cc(O[C@H]3CCc4c(-c5cccc(OCCCN6CC7(CC(F)C7)C6)c5Cl)cccc43)c(Cl)cc2CN[C@@H]2CCC[C@@H]2O)c1. The number of nitriles is 1. The van der Waals surface area contributed by atoms with Crippen LogP contribution in [-0.4, -0.2) is 59.5 Å². The first kappa shape index (κ1) is 37.0. The number of halogens is 3. The lowest BCUT2D eigenvalue weighted by Gasteiger charge is -2.57. The van der Waals surface area contributed by atoms with E-state index in [0.717, 1.165) is 98.8 Å². The van der Waals surface area contributed by atoms with Gasteiger partial charge in [0.1, 0.15) is 42.2 Å². The maximum atomic E-state index is 13.3. The fraction of sp³-hybridized carbons (Fsp3) is 0.442. The molecule has 0 unspecified atom stereocenters. The maximum absolute atomic E-state index is 13.3. The molecule has 54 heavy (non-hydrogen) atoms. The highest BCUT2D eigenvalue weighted by Gasteiger charge is 2.52. The van der Waals surface area contributed by atoms with Gasteiger partial charge >= 0.3 is 0 Å². The molecule has 0 amide bonds. The number of fused-ring (bicyclic) bond motifs is 1. The van der Waals surface area contributed by atoms with Crippen LogP contribution in [0.1, 0.15) is 78.9 Å². The third kappa shape index (κ3) is 7.91. The van der Waals surface area contributed by atoms with Crippen LogP contribution >= 0.6 is 23.2 Å². The van der Waals surface area contributed by atoms with E-state index >= 15 is 0 Å². The maximum Gasteiger partial charge on any atom is 0.142 e.